The second kappa shape index (κ2) is 7.07. The third-order valence-corrected chi connectivity index (χ3v) is 4.38. The first-order chi connectivity index (χ1) is 11.5. The van der Waals surface area contributed by atoms with Crippen molar-refractivity contribution in [3.63, 3.8) is 0 Å². The van der Waals surface area contributed by atoms with Crippen LogP contribution >= 0.6 is 11.3 Å². The van der Waals surface area contributed by atoms with Gasteiger partial charge in [-0.2, -0.15) is 0 Å². The third kappa shape index (κ3) is 4.15. The molecule has 6 heteroatoms. The summed E-state index contributed by atoms with van der Waals surface area (Å²) in [6.07, 6.45) is 3.68. The monoisotopic (exact) mass is 339 g/mol. The lowest BCUT2D eigenvalue weighted by Crippen LogP contribution is -2.09. The lowest BCUT2D eigenvalue weighted by atomic mass is 10.1. The van der Waals surface area contributed by atoms with E-state index in [4.69, 9.17) is 0 Å². The van der Waals surface area contributed by atoms with Gasteiger partial charge in [-0.3, -0.25) is 0 Å². The fourth-order valence-corrected chi connectivity index (χ4v) is 3.52. The Bertz CT molecular complexity index is 821. The fraction of sp³-hybridized carbons (Fsp3) is 0.278. The molecule has 1 N–H and O–H groups in total. The maximum absolute atomic E-state index is 4.60. The van der Waals surface area contributed by atoms with Gasteiger partial charge in [0.25, 0.3) is 0 Å². The van der Waals surface area contributed by atoms with Gasteiger partial charge in [0.1, 0.15) is 10.7 Å². The zero-order valence-corrected chi connectivity index (χ0v) is 15.2. The highest BCUT2D eigenvalue weighted by Crippen LogP contribution is 2.25. The van der Waals surface area contributed by atoms with Crippen molar-refractivity contribution in [2.75, 3.05) is 19.4 Å². The molecule has 0 radical (unpaired) electrons. The molecule has 5 nitrogen and oxygen atoms in total. The number of aromatic nitrogens is 3. The lowest BCUT2D eigenvalue weighted by molar-refractivity contribution is 0.406. The molecule has 124 valence electrons. The van der Waals surface area contributed by atoms with Crippen LogP contribution in [0.5, 0.6) is 0 Å². The summed E-state index contributed by atoms with van der Waals surface area (Å²) < 4.78 is 0. The van der Waals surface area contributed by atoms with Gasteiger partial charge >= 0.3 is 0 Å². The van der Waals surface area contributed by atoms with E-state index in [1.54, 1.807) is 17.5 Å². The molecule has 24 heavy (non-hydrogen) atoms. The minimum atomic E-state index is 0.585. The number of rotatable bonds is 5. The predicted molar refractivity (Wildman–Crippen MR) is 99.7 cm³/mol. The first kappa shape index (κ1) is 16.5. The van der Waals surface area contributed by atoms with Crippen LogP contribution in [0.15, 0.2) is 36.7 Å². The molecule has 0 atom stereocenters. The molecule has 3 rings (SSSR count). The molecule has 2 heterocycles. The van der Waals surface area contributed by atoms with Crippen LogP contribution in [-0.4, -0.2) is 33.9 Å². The van der Waals surface area contributed by atoms with Gasteiger partial charge in [-0.1, -0.05) is 6.07 Å². The molecule has 0 unspecified atom stereocenters. The Kier molecular flexibility index (Phi) is 4.87. The first-order valence-electron chi connectivity index (χ1n) is 7.78. The van der Waals surface area contributed by atoms with Crippen molar-refractivity contribution in [3.8, 4) is 10.7 Å². The van der Waals surface area contributed by atoms with Crippen molar-refractivity contribution in [3.05, 3.63) is 52.7 Å². The largest absolute Gasteiger partial charge is 0.324 e. The molecule has 2 aromatic heterocycles. The van der Waals surface area contributed by atoms with Gasteiger partial charge in [0.2, 0.25) is 5.95 Å². The second-order valence-electron chi connectivity index (χ2n) is 6.14. The average molecular weight is 339 g/mol. The van der Waals surface area contributed by atoms with Crippen LogP contribution in [0.4, 0.5) is 11.6 Å². The molecule has 3 aromatic rings. The highest BCUT2D eigenvalue weighted by Gasteiger charge is 2.09. The van der Waals surface area contributed by atoms with Crippen molar-refractivity contribution in [1.29, 1.82) is 0 Å². The number of anilines is 2. The van der Waals surface area contributed by atoms with E-state index >= 15 is 0 Å². The molecule has 0 aliphatic carbocycles. The van der Waals surface area contributed by atoms with Gasteiger partial charge in [-0.25, -0.2) is 15.0 Å². The SMILES string of the molecule is Cc1cc(C)cc(Nc2nccc(-c3ncc(CN(C)C)s3)n2)c1. The minimum Gasteiger partial charge on any atom is -0.324 e. The Labute approximate surface area is 146 Å². The summed E-state index contributed by atoms with van der Waals surface area (Å²) in [6.45, 7) is 5.05. The summed E-state index contributed by atoms with van der Waals surface area (Å²) >= 11 is 1.66. The topological polar surface area (TPSA) is 53.9 Å². The standard InChI is InChI=1S/C18H21N5S/c1-12-7-13(2)9-14(8-12)21-18-19-6-5-16(22-18)17-20-10-15(24-17)11-23(3)4/h5-10H,11H2,1-4H3,(H,19,21,22). The maximum atomic E-state index is 4.60. The fourth-order valence-electron chi connectivity index (χ4n) is 2.52. The predicted octanol–water partition coefficient (Wildman–Crippen LogP) is 4.02. The quantitative estimate of drug-likeness (QED) is 0.761. The van der Waals surface area contributed by atoms with Crippen LogP contribution in [0.3, 0.4) is 0 Å². The van der Waals surface area contributed by atoms with E-state index in [1.807, 2.05) is 12.3 Å². The summed E-state index contributed by atoms with van der Waals surface area (Å²) in [5.74, 6) is 0.585. The molecule has 0 saturated heterocycles. The van der Waals surface area contributed by atoms with Gasteiger partial charge < -0.3 is 10.2 Å². The molecule has 0 aliphatic rings. The molecule has 1 aromatic carbocycles. The van der Waals surface area contributed by atoms with Crippen LogP contribution in [0.25, 0.3) is 10.7 Å². The third-order valence-electron chi connectivity index (χ3n) is 3.38. The van der Waals surface area contributed by atoms with E-state index in [0.29, 0.717) is 5.95 Å². The molecule has 0 aliphatic heterocycles. The smallest absolute Gasteiger partial charge is 0.227 e. The molecular formula is C18H21N5S. The summed E-state index contributed by atoms with van der Waals surface area (Å²) in [7, 11) is 4.10. The van der Waals surface area contributed by atoms with Gasteiger partial charge in [0.15, 0.2) is 0 Å². The number of thiazole rings is 1. The summed E-state index contributed by atoms with van der Waals surface area (Å²) in [5, 5.41) is 4.20. The molecular weight excluding hydrogens is 318 g/mol. The summed E-state index contributed by atoms with van der Waals surface area (Å²) in [6, 6.07) is 8.21. The second-order valence-corrected chi connectivity index (χ2v) is 7.25. The van der Waals surface area contributed by atoms with Gasteiger partial charge in [-0.15, -0.1) is 11.3 Å². The molecule has 0 saturated carbocycles. The molecule has 0 spiro atoms. The van der Waals surface area contributed by atoms with E-state index < -0.39 is 0 Å². The van der Waals surface area contributed by atoms with Crippen LogP contribution < -0.4 is 5.32 Å². The van der Waals surface area contributed by atoms with Gasteiger partial charge in [-0.05, 0) is 57.3 Å². The van der Waals surface area contributed by atoms with Crippen LogP contribution in [0, 0.1) is 13.8 Å². The van der Waals surface area contributed by atoms with E-state index in [0.717, 1.165) is 22.9 Å². The zero-order valence-electron chi connectivity index (χ0n) is 14.4. The molecule has 0 amide bonds. The molecule has 0 bridgehead atoms. The van der Waals surface area contributed by atoms with Gasteiger partial charge in [0, 0.05) is 29.5 Å². The van der Waals surface area contributed by atoms with Crippen molar-refractivity contribution in [1.82, 2.24) is 19.9 Å². The average Bonchev–Trinajstić information content (AvgIpc) is 2.94. The Morgan fingerprint density at radius 1 is 1.08 bits per heavy atom. The summed E-state index contributed by atoms with van der Waals surface area (Å²) in [4.78, 5) is 16.8. The molecule has 0 fully saturated rings. The number of hydrogen-bond donors (Lipinski definition) is 1. The number of benzene rings is 1. The lowest BCUT2D eigenvalue weighted by Gasteiger charge is -2.08. The Morgan fingerprint density at radius 2 is 1.83 bits per heavy atom. The van der Waals surface area contributed by atoms with Crippen molar-refractivity contribution in [2.24, 2.45) is 0 Å². The number of nitrogens with zero attached hydrogens (tertiary/aromatic N) is 4. The summed E-state index contributed by atoms with van der Waals surface area (Å²) in [5.41, 5.74) is 4.26. The Balaban J connectivity index is 1.82. The normalized spacial score (nSPS) is 11.0. The first-order valence-corrected chi connectivity index (χ1v) is 8.59. The van der Waals surface area contributed by atoms with E-state index in [1.165, 1.54) is 16.0 Å². The Hall–Kier alpha value is -2.31. The number of hydrogen-bond acceptors (Lipinski definition) is 6. The van der Waals surface area contributed by atoms with E-state index in [-0.39, 0.29) is 0 Å². The minimum absolute atomic E-state index is 0.585. The van der Waals surface area contributed by atoms with Crippen molar-refractivity contribution in [2.45, 2.75) is 20.4 Å². The number of nitrogens with one attached hydrogen (secondary N) is 1. The zero-order chi connectivity index (χ0) is 17.1. The highest BCUT2D eigenvalue weighted by molar-refractivity contribution is 7.14. The van der Waals surface area contributed by atoms with Crippen molar-refractivity contribution < 1.29 is 0 Å². The van der Waals surface area contributed by atoms with Crippen LogP contribution in [0.2, 0.25) is 0 Å². The maximum Gasteiger partial charge on any atom is 0.227 e. The van der Waals surface area contributed by atoms with Gasteiger partial charge in [0.05, 0.1) is 0 Å². The van der Waals surface area contributed by atoms with E-state index in [9.17, 15) is 0 Å². The van der Waals surface area contributed by atoms with E-state index in [2.05, 4.69) is 71.3 Å². The van der Waals surface area contributed by atoms with Crippen LogP contribution in [0.1, 0.15) is 16.0 Å². The Morgan fingerprint density at radius 3 is 2.54 bits per heavy atom. The van der Waals surface area contributed by atoms with Crippen LogP contribution in [-0.2, 0) is 6.54 Å². The highest BCUT2D eigenvalue weighted by atomic mass is 32.1. The number of aryl methyl sites for hydroxylation is 2. The van der Waals surface area contributed by atoms with Crippen molar-refractivity contribution >= 4 is 23.0 Å².